The van der Waals surface area contributed by atoms with E-state index in [2.05, 4.69) is 0 Å². The van der Waals surface area contributed by atoms with Crippen LogP contribution in [0.2, 0.25) is 5.02 Å². The van der Waals surface area contributed by atoms with Crippen molar-refractivity contribution in [3.8, 4) is 5.75 Å². The summed E-state index contributed by atoms with van der Waals surface area (Å²) >= 11 is 5.74. The standard InChI is InChI=1S/C11H14ClNO3/c1-7(14)6-13(2)11(16)9-5-8(12)3-4-10(9)15/h3-5,7,14-15H,6H2,1-2H3. The molecule has 4 nitrogen and oxygen atoms in total. The van der Waals surface area contributed by atoms with Crippen LogP contribution < -0.4 is 0 Å². The number of nitrogens with zero attached hydrogens (tertiary/aromatic N) is 1. The minimum Gasteiger partial charge on any atom is -0.507 e. The highest BCUT2D eigenvalue weighted by Crippen LogP contribution is 2.22. The maximum atomic E-state index is 11.8. The van der Waals surface area contributed by atoms with Crippen LogP contribution in [-0.4, -0.2) is 40.7 Å². The van der Waals surface area contributed by atoms with Gasteiger partial charge in [-0.1, -0.05) is 11.6 Å². The second-order valence-electron chi connectivity index (χ2n) is 3.70. The Hall–Kier alpha value is -1.26. The van der Waals surface area contributed by atoms with Crippen molar-refractivity contribution in [2.45, 2.75) is 13.0 Å². The number of phenols is 1. The van der Waals surface area contributed by atoms with Crippen molar-refractivity contribution in [1.29, 1.82) is 0 Å². The minimum absolute atomic E-state index is 0.119. The molecule has 0 fully saturated rings. The number of aliphatic hydroxyl groups is 1. The van der Waals surface area contributed by atoms with Crippen LogP contribution in [0.5, 0.6) is 5.75 Å². The largest absolute Gasteiger partial charge is 0.507 e. The first-order valence-corrected chi connectivity index (χ1v) is 5.21. The summed E-state index contributed by atoms with van der Waals surface area (Å²) in [4.78, 5) is 13.2. The molecule has 0 aliphatic carbocycles. The third-order valence-corrected chi connectivity index (χ3v) is 2.31. The molecule has 1 atom stereocenters. The number of aliphatic hydroxyl groups excluding tert-OH is 1. The lowest BCUT2D eigenvalue weighted by Crippen LogP contribution is -2.33. The van der Waals surface area contributed by atoms with Crippen molar-refractivity contribution in [2.24, 2.45) is 0 Å². The molecular formula is C11H14ClNO3. The van der Waals surface area contributed by atoms with Gasteiger partial charge in [-0.25, -0.2) is 0 Å². The summed E-state index contributed by atoms with van der Waals surface area (Å²) in [5.74, 6) is -0.493. The number of rotatable bonds is 3. The summed E-state index contributed by atoms with van der Waals surface area (Å²) in [6, 6.07) is 4.27. The first-order chi connectivity index (χ1) is 7.41. The number of aromatic hydroxyl groups is 1. The SMILES string of the molecule is CC(O)CN(C)C(=O)c1cc(Cl)ccc1O. The monoisotopic (exact) mass is 243 g/mol. The van der Waals surface area contributed by atoms with Gasteiger partial charge in [0.2, 0.25) is 0 Å². The van der Waals surface area contributed by atoms with Crippen LogP contribution in [0.1, 0.15) is 17.3 Å². The van der Waals surface area contributed by atoms with Gasteiger partial charge >= 0.3 is 0 Å². The molecule has 1 aromatic carbocycles. The number of amides is 1. The number of benzene rings is 1. The average molecular weight is 244 g/mol. The van der Waals surface area contributed by atoms with Gasteiger partial charge in [0, 0.05) is 18.6 Å². The normalized spacial score (nSPS) is 12.2. The number of hydrogen-bond donors (Lipinski definition) is 2. The van der Waals surface area contributed by atoms with Crippen molar-refractivity contribution in [1.82, 2.24) is 4.90 Å². The summed E-state index contributed by atoms with van der Waals surface area (Å²) in [5, 5.41) is 19.1. The molecule has 1 amide bonds. The summed E-state index contributed by atoms with van der Waals surface area (Å²) < 4.78 is 0. The number of carbonyl (C=O) groups excluding carboxylic acids is 1. The molecule has 1 aromatic rings. The molecule has 0 spiro atoms. The molecule has 0 aliphatic heterocycles. The molecule has 2 N–H and O–H groups in total. The van der Waals surface area contributed by atoms with Gasteiger partial charge in [0.25, 0.3) is 5.91 Å². The number of hydrogen-bond acceptors (Lipinski definition) is 3. The molecule has 0 radical (unpaired) electrons. The van der Waals surface area contributed by atoms with Gasteiger partial charge in [0.15, 0.2) is 0 Å². The van der Waals surface area contributed by atoms with Crippen molar-refractivity contribution in [3.05, 3.63) is 28.8 Å². The Kier molecular flexibility index (Phi) is 4.15. The fraction of sp³-hybridized carbons (Fsp3) is 0.364. The quantitative estimate of drug-likeness (QED) is 0.846. The van der Waals surface area contributed by atoms with Crippen LogP contribution in [0.25, 0.3) is 0 Å². The Morgan fingerprint density at radius 2 is 2.19 bits per heavy atom. The van der Waals surface area contributed by atoms with Crippen LogP contribution in [0, 0.1) is 0 Å². The predicted octanol–water partition coefficient (Wildman–Crippen LogP) is 1.50. The van der Waals surface area contributed by atoms with E-state index in [4.69, 9.17) is 16.7 Å². The van der Waals surface area contributed by atoms with Crippen molar-refractivity contribution < 1.29 is 15.0 Å². The first kappa shape index (κ1) is 12.8. The lowest BCUT2D eigenvalue weighted by Gasteiger charge is -2.19. The first-order valence-electron chi connectivity index (χ1n) is 4.84. The third-order valence-electron chi connectivity index (χ3n) is 2.07. The van der Waals surface area contributed by atoms with E-state index in [1.807, 2.05) is 0 Å². The second-order valence-corrected chi connectivity index (χ2v) is 4.13. The Bertz CT molecular complexity index is 393. The van der Waals surface area contributed by atoms with Gasteiger partial charge in [-0.3, -0.25) is 4.79 Å². The molecule has 16 heavy (non-hydrogen) atoms. The van der Waals surface area contributed by atoms with Gasteiger partial charge in [-0.15, -0.1) is 0 Å². The molecule has 0 aromatic heterocycles. The molecule has 88 valence electrons. The summed E-state index contributed by atoms with van der Waals surface area (Å²) in [7, 11) is 1.55. The molecule has 0 saturated carbocycles. The summed E-state index contributed by atoms with van der Waals surface area (Å²) in [5.41, 5.74) is 0.135. The number of carbonyl (C=O) groups is 1. The van der Waals surface area contributed by atoms with Crippen molar-refractivity contribution in [3.63, 3.8) is 0 Å². The van der Waals surface area contributed by atoms with Crippen LogP contribution in [0.4, 0.5) is 0 Å². The molecule has 0 saturated heterocycles. The fourth-order valence-corrected chi connectivity index (χ4v) is 1.54. The molecular weight excluding hydrogens is 230 g/mol. The highest BCUT2D eigenvalue weighted by Gasteiger charge is 2.17. The Balaban J connectivity index is 2.91. The number of halogens is 1. The van der Waals surface area contributed by atoms with E-state index in [-0.39, 0.29) is 23.8 Å². The Morgan fingerprint density at radius 1 is 1.56 bits per heavy atom. The molecule has 0 bridgehead atoms. The third kappa shape index (κ3) is 3.12. The fourth-order valence-electron chi connectivity index (χ4n) is 1.36. The van der Waals surface area contributed by atoms with E-state index in [1.165, 1.54) is 23.1 Å². The molecule has 0 heterocycles. The Morgan fingerprint density at radius 3 is 2.75 bits per heavy atom. The van der Waals surface area contributed by atoms with Crippen LogP contribution in [0.15, 0.2) is 18.2 Å². The maximum absolute atomic E-state index is 11.8. The van der Waals surface area contributed by atoms with Gasteiger partial charge < -0.3 is 15.1 Å². The lowest BCUT2D eigenvalue weighted by atomic mass is 10.1. The molecule has 1 rings (SSSR count). The zero-order chi connectivity index (χ0) is 12.3. The van der Waals surface area contributed by atoms with E-state index in [0.29, 0.717) is 5.02 Å². The van der Waals surface area contributed by atoms with E-state index >= 15 is 0 Å². The summed E-state index contributed by atoms with van der Waals surface area (Å²) in [6.45, 7) is 1.78. The van der Waals surface area contributed by atoms with Gasteiger partial charge in [0.05, 0.1) is 11.7 Å². The topological polar surface area (TPSA) is 60.8 Å². The van der Waals surface area contributed by atoms with E-state index in [1.54, 1.807) is 14.0 Å². The van der Waals surface area contributed by atoms with Crippen LogP contribution >= 0.6 is 11.6 Å². The van der Waals surface area contributed by atoms with E-state index in [0.717, 1.165) is 0 Å². The molecule has 5 heteroatoms. The van der Waals surface area contributed by atoms with E-state index < -0.39 is 6.10 Å². The van der Waals surface area contributed by atoms with E-state index in [9.17, 15) is 9.90 Å². The predicted molar refractivity (Wildman–Crippen MR) is 61.8 cm³/mol. The zero-order valence-corrected chi connectivity index (χ0v) is 9.90. The highest BCUT2D eigenvalue weighted by atomic mass is 35.5. The molecule has 1 unspecified atom stereocenters. The smallest absolute Gasteiger partial charge is 0.257 e. The van der Waals surface area contributed by atoms with Crippen molar-refractivity contribution >= 4 is 17.5 Å². The van der Waals surface area contributed by atoms with Crippen LogP contribution in [-0.2, 0) is 0 Å². The van der Waals surface area contributed by atoms with Gasteiger partial charge in [-0.2, -0.15) is 0 Å². The Labute approximate surface area is 99.1 Å². The zero-order valence-electron chi connectivity index (χ0n) is 9.14. The average Bonchev–Trinajstić information content (AvgIpc) is 2.19. The van der Waals surface area contributed by atoms with Gasteiger partial charge in [0.1, 0.15) is 5.75 Å². The highest BCUT2D eigenvalue weighted by molar-refractivity contribution is 6.31. The number of phenolic OH excluding ortho intramolecular Hbond substituents is 1. The molecule has 0 aliphatic rings. The lowest BCUT2D eigenvalue weighted by molar-refractivity contribution is 0.0701. The minimum atomic E-state index is -0.615. The van der Waals surface area contributed by atoms with Crippen molar-refractivity contribution in [2.75, 3.05) is 13.6 Å². The van der Waals surface area contributed by atoms with Gasteiger partial charge in [-0.05, 0) is 25.1 Å². The maximum Gasteiger partial charge on any atom is 0.257 e. The second kappa shape index (κ2) is 5.18. The van der Waals surface area contributed by atoms with Crippen LogP contribution in [0.3, 0.4) is 0 Å². The number of likely N-dealkylation sites (N-methyl/N-ethyl adjacent to an activating group) is 1. The summed E-state index contributed by atoms with van der Waals surface area (Å²) in [6.07, 6.45) is -0.615.